The standard InChI is InChI=1S/C13H15FN2O4/c14-9-5-6-16(7-9)12(18)11(15-13(19)20)8-1-3-10(17)4-2-8/h1-4,9,11,15,17H,5-7H2,(H,19,20)/t9-,11?/m0/s1. The molecule has 7 heteroatoms. The number of alkyl halides is 1. The van der Waals surface area contributed by atoms with Crippen LogP contribution in [-0.2, 0) is 4.79 Å². The number of halogens is 1. The average Bonchev–Trinajstić information content (AvgIpc) is 2.83. The molecular formula is C13H15FN2O4. The van der Waals surface area contributed by atoms with Gasteiger partial charge in [-0.05, 0) is 24.1 Å². The van der Waals surface area contributed by atoms with Crippen molar-refractivity contribution in [3.05, 3.63) is 29.8 Å². The fourth-order valence-electron chi connectivity index (χ4n) is 2.18. The number of phenolic OH excluding ortho intramolecular Hbond substituents is 1. The molecule has 0 aliphatic carbocycles. The second-order valence-electron chi connectivity index (χ2n) is 4.64. The summed E-state index contributed by atoms with van der Waals surface area (Å²) >= 11 is 0. The van der Waals surface area contributed by atoms with E-state index in [1.165, 1.54) is 29.2 Å². The highest BCUT2D eigenvalue weighted by Gasteiger charge is 2.32. The van der Waals surface area contributed by atoms with Crippen molar-refractivity contribution in [1.29, 1.82) is 0 Å². The van der Waals surface area contributed by atoms with Gasteiger partial charge in [0.25, 0.3) is 0 Å². The van der Waals surface area contributed by atoms with Gasteiger partial charge in [0.1, 0.15) is 18.0 Å². The van der Waals surface area contributed by atoms with E-state index in [1.54, 1.807) is 0 Å². The summed E-state index contributed by atoms with van der Waals surface area (Å²) < 4.78 is 13.2. The molecule has 1 saturated heterocycles. The second-order valence-corrected chi connectivity index (χ2v) is 4.64. The van der Waals surface area contributed by atoms with Gasteiger partial charge in [-0.25, -0.2) is 9.18 Å². The van der Waals surface area contributed by atoms with E-state index in [-0.39, 0.29) is 25.3 Å². The molecule has 2 rings (SSSR count). The Bertz CT molecular complexity index is 506. The van der Waals surface area contributed by atoms with Crippen molar-refractivity contribution in [2.75, 3.05) is 13.1 Å². The lowest BCUT2D eigenvalue weighted by atomic mass is 10.1. The molecule has 1 aromatic carbocycles. The van der Waals surface area contributed by atoms with Crippen LogP contribution in [-0.4, -0.2) is 46.4 Å². The fraction of sp³-hybridized carbons (Fsp3) is 0.385. The maximum Gasteiger partial charge on any atom is 0.405 e. The summed E-state index contributed by atoms with van der Waals surface area (Å²) in [5.41, 5.74) is 0.400. The van der Waals surface area contributed by atoms with Crippen LogP contribution in [0.25, 0.3) is 0 Å². The summed E-state index contributed by atoms with van der Waals surface area (Å²) in [6, 6.07) is 4.54. The number of carbonyl (C=O) groups excluding carboxylic acids is 1. The van der Waals surface area contributed by atoms with Crippen molar-refractivity contribution in [3.63, 3.8) is 0 Å². The van der Waals surface area contributed by atoms with Crippen molar-refractivity contribution in [3.8, 4) is 5.75 Å². The number of nitrogens with zero attached hydrogens (tertiary/aromatic N) is 1. The lowest BCUT2D eigenvalue weighted by Gasteiger charge is -2.23. The van der Waals surface area contributed by atoms with Crippen LogP contribution >= 0.6 is 0 Å². The maximum atomic E-state index is 13.2. The smallest absolute Gasteiger partial charge is 0.405 e. The van der Waals surface area contributed by atoms with Gasteiger partial charge in [0.15, 0.2) is 0 Å². The molecule has 1 aliphatic heterocycles. The maximum absolute atomic E-state index is 13.2. The number of carbonyl (C=O) groups is 2. The van der Waals surface area contributed by atoms with Crippen molar-refractivity contribution in [2.45, 2.75) is 18.6 Å². The van der Waals surface area contributed by atoms with E-state index in [0.29, 0.717) is 5.56 Å². The number of rotatable bonds is 3. The molecule has 1 heterocycles. The number of nitrogens with one attached hydrogen (secondary N) is 1. The Morgan fingerprint density at radius 3 is 2.50 bits per heavy atom. The van der Waals surface area contributed by atoms with Crippen LogP contribution in [0.2, 0.25) is 0 Å². The van der Waals surface area contributed by atoms with Gasteiger partial charge in [-0.2, -0.15) is 0 Å². The number of hydrogen-bond donors (Lipinski definition) is 3. The average molecular weight is 282 g/mol. The van der Waals surface area contributed by atoms with E-state index in [1.807, 2.05) is 0 Å². The van der Waals surface area contributed by atoms with E-state index in [4.69, 9.17) is 5.11 Å². The zero-order valence-electron chi connectivity index (χ0n) is 10.6. The van der Waals surface area contributed by atoms with Gasteiger partial charge in [-0.1, -0.05) is 12.1 Å². The van der Waals surface area contributed by atoms with E-state index in [0.717, 1.165) is 0 Å². The molecule has 2 amide bonds. The van der Waals surface area contributed by atoms with Crippen LogP contribution in [0.5, 0.6) is 5.75 Å². The highest BCUT2D eigenvalue weighted by Crippen LogP contribution is 2.22. The quantitative estimate of drug-likeness (QED) is 0.778. The second kappa shape index (κ2) is 5.77. The number of amides is 2. The third-order valence-electron chi connectivity index (χ3n) is 3.18. The minimum absolute atomic E-state index is 0.0141. The minimum Gasteiger partial charge on any atom is -0.508 e. The number of benzene rings is 1. The Morgan fingerprint density at radius 2 is 2.00 bits per heavy atom. The number of carboxylic acid groups (broad SMARTS) is 1. The van der Waals surface area contributed by atoms with Crippen LogP contribution in [0.4, 0.5) is 9.18 Å². The van der Waals surface area contributed by atoms with E-state index in [2.05, 4.69) is 5.32 Å². The van der Waals surface area contributed by atoms with Gasteiger partial charge < -0.3 is 20.4 Å². The largest absolute Gasteiger partial charge is 0.508 e. The van der Waals surface area contributed by atoms with Crippen LogP contribution in [0, 0.1) is 0 Å². The molecule has 0 aromatic heterocycles. The Hall–Kier alpha value is -2.31. The minimum atomic E-state index is -1.34. The molecule has 1 aliphatic rings. The zero-order chi connectivity index (χ0) is 14.7. The van der Waals surface area contributed by atoms with Crippen molar-refractivity contribution >= 4 is 12.0 Å². The van der Waals surface area contributed by atoms with Crippen LogP contribution in [0.3, 0.4) is 0 Å². The summed E-state index contributed by atoms with van der Waals surface area (Å²) in [4.78, 5) is 24.4. The molecule has 1 unspecified atom stereocenters. The van der Waals surface area contributed by atoms with Gasteiger partial charge in [0.2, 0.25) is 5.91 Å². The molecule has 0 radical (unpaired) electrons. The van der Waals surface area contributed by atoms with Gasteiger partial charge in [-0.15, -0.1) is 0 Å². The predicted molar refractivity (Wildman–Crippen MR) is 68.1 cm³/mol. The molecule has 0 spiro atoms. The molecule has 0 saturated carbocycles. The highest BCUT2D eigenvalue weighted by atomic mass is 19.1. The van der Waals surface area contributed by atoms with Crippen molar-refractivity contribution in [2.24, 2.45) is 0 Å². The first-order valence-electron chi connectivity index (χ1n) is 6.18. The van der Waals surface area contributed by atoms with Crippen molar-refractivity contribution < 1.29 is 24.2 Å². The summed E-state index contributed by atoms with van der Waals surface area (Å²) in [7, 11) is 0. The van der Waals surface area contributed by atoms with Gasteiger partial charge in [0, 0.05) is 6.54 Å². The zero-order valence-corrected chi connectivity index (χ0v) is 10.6. The normalized spacial score (nSPS) is 19.6. The molecule has 2 atom stereocenters. The number of likely N-dealkylation sites (tertiary alicyclic amines) is 1. The molecule has 1 fully saturated rings. The summed E-state index contributed by atoms with van der Waals surface area (Å²) in [6.45, 7) is 0.255. The first-order chi connectivity index (χ1) is 9.47. The summed E-state index contributed by atoms with van der Waals surface area (Å²) in [5, 5.41) is 20.2. The van der Waals surface area contributed by atoms with Gasteiger partial charge in [-0.3, -0.25) is 4.79 Å². The Morgan fingerprint density at radius 1 is 1.35 bits per heavy atom. The van der Waals surface area contributed by atoms with Crippen LogP contribution in [0.1, 0.15) is 18.0 Å². The van der Waals surface area contributed by atoms with Crippen molar-refractivity contribution in [1.82, 2.24) is 10.2 Å². The Balaban J connectivity index is 2.20. The predicted octanol–water partition coefficient (Wildman–Crippen LogP) is 1.27. The monoisotopic (exact) mass is 282 g/mol. The first kappa shape index (κ1) is 14.1. The number of hydrogen-bond acceptors (Lipinski definition) is 3. The molecule has 6 nitrogen and oxygen atoms in total. The molecule has 1 aromatic rings. The SMILES string of the molecule is O=C(O)NC(C(=O)N1CC[C@H](F)C1)c1ccc(O)cc1. The Kier molecular flexibility index (Phi) is 4.07. The lowest BCUT2D eigenvalue weighted by molar-refractivity contribution is -0.132. The molecule has 0 bridgehead atoms. The van der Waals surface area contributed by atoms with E-state index in [9.17, 15) is 19.1 Å². The van der Waals surface area contributed by atoms with Gasteiger partial charge in [0.05, 0.1) is 6.54 Å². The topological polar surface area (TPSA) is 89.9 Å². The molecule has 108 valence electrons. The van der Waals surface area contributed by atoms with Gasteiger partial charge >= 0.3 is 6.09 Å². The fourth-order valence-corrected chi connectivity index (χ4v) is 2.18. The molecule has 20 heavy (non-hydrogen) atoms. The van der Waals surface area contributed by atoms with E-state index >= 15 is 0 Å². The Labute approximate surface area is 114 Å². The first-order valence-corrected chi connectivity index (χ1v) is 6.18. The third-order valence-corrected chi connectivity index (χ3v) is 3.18. The number of phenols is 1. The molecular weight excluding hydrogens is 267 g/mol. The van der Waals surface area contributed by atoms with E-state index < -0.39 is 24.2 Å². The molecule has 3 N–H and O–H groups in total. The number of aromatic hydroxyl groups is 1. The van der Waals surface area contributed by atoms with Crippen LogP contribution < -0.4 is 5.32 Å². The lowest BCUT2D eigenvalue weighted by Crippen LogP contribution is -2.41. The summed E-state index contributed by atoms with van der Waals surface area (Å²) in [6.07, 6.45) is -2.14. The van der Waals surface area contributed by atoms with Crippen LogP contribution in [0.15, 0.2) is 24.3 Å². The third kappa shape index (κ3) is 3.17. The summed E-state index contributed by atoms with van der Waals surface area (Å²) in [5.74, 6) is -0.474. The highest BCUT2D eigenvalue weighted by molar-refractivity contribution is 5.86.